The van der Waals surface area contributed by atoms with Crippen molar-refractivity contribution < 1.29 is 14.4 Å². The molecule has 0 fully saturated rings. The van der Waals surface area contributed by atoms with Gasteiger partial charge in [-0.15, -0.1) is 6.58 Å². The van der Waals surface area contributed by atoms with E-state index in [0.29, 0.717) is 19.0 Å². The summed E-state index contributed by atoms with van der Waals surface area (Å²) in [6.07, 6.45) is 5.77. The zero-order chi connectivity index (χ0) is 18.6. The molecule has 0 spiro atoms. The molecule has 26 heavy (non-hydrogen) atoms. The molecule has 0 aliphatic carbocycles. The van der Waals surface area contributed by atoms with Crippen molar-refractivity contribution in [2.75, 3.05) is 19.8 Å². The molecule has 0 saturated heterocycles. The third-order valence-corrected chi connectivity index (χ3v) is 3.94. The highest BCUT2D eigenvalue weighted by molar-refractivity contribution is 5.72. The number of non-ortho nitro benzene ring substituents is 1. The van der Waals surface area contributed by atoms with E-state index in [1.807, 2.05) is 30.3 Å². The van der Waals surface area contributed by atoms with Crippen LogP contribution in [0.5, 0.6) is 5.75 Å². The molecule has 5 nitrogen and oxygen atoms in total. The van der Waals surface area contributed by atoms with Gasteiger partial charge in [0.25, 0.3) is 5.69 Å². The Bertz CT molecular complexity index is 700. The molecule has 5 heteroatoms. The number of nitrogens with zero attached hydrogens (tertiary/aromatic N) is 1. The lowest BCUT2D eigenvalue weighted by molar-refractivity contribution is -0.384. The van der Waals surface area contributed by atoms with Gasteiger partial charge in [-0.05, 0) is 30.9 Å². The Morgan fingerprint density at radius 1 is 1.00 bits per heavy atom. The van der Waals surface area contributed by atoms with Gasteiger partial charge in [-0.2, -0.15) is 0 Å². The summed E-state index contributed by atoms with van der Waals surface area (Å²) >= 11 is 0. The van der Waals surface area contributed by atoms with E-state index in [9.17, 15) is 10.1 Å². The monoisotopic (exact) mass is 355 g/mol. The third kappa shape index (κ3) is 6.33. The predicted molar refractivity (Wildman–Crippen MR) is 104 cm³/mol. The quantitative estimate of drug-likeness (QED) is 0.221. The summed E-state index contributed by atoms with van der Waals surface area (Å²) in [5, 5.41) is 11.1. The van der Waals surface area contributed by atoms with Crippen LogP contribution in [-0.4, -0.2) is 24.7 Å². The maximum Gasteiger partial charge on any atom is 0.273 e. The Balaban J connectivity index is 1.89. The highest BCUT2D eigenvalue weighted by Gasteiger charge is 2.13. The van der Waals surface area contributed by atoms with Gasteiger partial charge in [-0.25, -0.2) is 0 Å². The van der Waals surface area contributed by atoms with Gasteiger partial charge in [0.15, 0.2) is 0 Å². The second-order valence-electron chi connectivity index (χ2n) is 5.93. The van der Waals surface area contributed by atoms with Crippen molar-refractivity contribution in [3.05, 3.63) is 71.3 Å². The van der Waals surface area contributed by atoms with Crippen LogP contribution in [0, 0.1) is 10.1 Å². The second kappa shape index (κ2) is 11.1. The van der Waals surface area contributed by atoms with Crippen molar-refractivity contribution >= 4 is 5.69 Å². The standard InChI is InChI=1S/C21H25NO4/c1-2-14-25-15-8-3-4-9-16-26-21-17-19(22(23)24)12-13-20(21)18-10-6-5-7-11-18/h2,5-7,10-13,17H,1,3-4,8-9,14-16H2. The summed E-state index contributed by atoms with van der Waals surface area (Å²) < 4.78 is 11.2. The van der Waals surface area contributed by atoms with Crippen LogP contribution >= 0.6 is 0 Å². The molecule has 2 aromatic rings. The Hall–Kier alpha value is -2.66. The Labute approximate surface area is 154 Å². The van der Waals surface area contributed by atoms with Crippen molar-refractivity contribution in [1.82, 2.24) is 0 Å². The summed E-state index contributed by atoms with van der Waals surface area (Å²) in [4.78, 5) is 10.7. The first kappa shape index (κ1) is 19.7. The SMILES string of the molecule is C=CCOCCCCCCOc1cc([N+](=O)[O-])ccc1-c1ccccc1. The zero-order valence-corrected chi connectivity index (χ0v) is 14.9. The van der Waals surface area contributed by atoms with Gasteiger partial charge in [-0.3, -0.25) is 10.1 Å². The molecule has 2 rings (SSSR count). The fourth-order valence-corrected chi connectivity index (χ4v) is 2.61. The maximum atomic E-state index is 11.1. The average Bonchev–Trinajstić information content (AvgIpc) is 2.67. The van der Waals surface area contributed by atoms with E-state index < -0.39 is 4.92 Å². The smallest absolute Gasteiger partial charge is 0.273 e. The lowest BCUT2D eigenvalue weighted by Gasteiger charge is -2.12. The Kier molecular flexibility index (Phi) is 8.36. The van der Waals surface area contributed by atoms with Gasteiger partial charge < -0.3 is 9.47 Å². The minimum absolute atomic E-state index is 0.0408. The molecule has 0 bridgehead atoms. The third-order valence-electron chi connectivity index (χ3n) is 3.94. The van der Waals surface area contributed by atoms with E-state index in [4.69, 9.17) is 9.47 Å². The van der Waals surface area contributed by atoms with Gasteiger partial charge in [0.1, 0.15) is 5.75 Å². The molecule has 0 atom stereocenters. The molecule has 0 amide bonds. The molecule has 0 aliphatic heterocycles. The molecule has 0 N–H and O–H groups in total. The van der Waals surface area contributed by atoms with Gasteiger partial charge in [0, 0.05) is 18.2 Å². The Morgan fingerprint density at radius 3 is 2.42 bits per heavy atom. The molecule has 0 saturated carbocycles. The minimum atomic E-state index is -0.398. The van der Waals surface area contributed by atoms with Gasteiger partial charge in [-0.1, -0.05) is 42.8 Å². The topological polar surface area (TPSA) is 61.6 Å². The lowest BCUT2D eigenvalue weighted by atomic mass is 10.0. The first-order valence-corrected chi connectivity index (χ1v) is 8.87. The van der Waals surface area contributed by atoms with Gasteiger partial charge in [0.05, 0.1) is 24.2 Å². The molecule has 0 unspecified atom stereocenters. The number of hydrogen-bond donors (Lipinski definition) is 0. The zero-order valence-electron chi connectivity index (χ0n) is 14.9. The molecule has 0 aromatic heterocycles. The van der Waals surface area contributed by atoms with Crippen LogP contribution in [-0.2, 0) is 4.74 Å². The summed E-state index contributed by atoms with van der Waals surface area (Å²) in [5.74, 6) is 0.555. The summed E-state index contributed by atoms with van der Waals surface area (Å²) in [6.45, 7) is 5.49. The molecule has 0 radical (unpaired) electrons. The molecular weight excluding hydrogens is 330 g/mol. The molecule has 2 aromatic carbocycles. The summed E-state index contributed by atoms with van der Waals surface area (Å²) in [7, 11) is 0. The average molecular weight is 355 g/mol. The normalized spacial score (nSPS) is 10.5. The summed E-state index contributed by atoms with van der Waals surface area (Å²) in [6, 6.07) is 14.5. The van der Waals surface area contributed by atoms with E-state index in [-0.39, 0.29) is 5.69 Å². The lowest BCUT2D eigenvalue weighted by Crippen LogP contribution is -2.01. The summed E-state index contributed by atoms with van der Waals surface area (Å²) in [5.41, 5.74) is 1.89. The highest BCUT2D eigenvalue weighted by Crippen LogP contribution is 2.33. The second-order valence-corrected chi connectivity index (χ2v) is 5.93. The van der Waals surface area contributed by atoms with Gasteiger partial charge in [0.2, 0.25) is 0 Å². The highest BCUT2D eigenvalue weighted by atomic mass is 16.6. The van der Waals surface area contributed by atoms with Crippen molar-refractivity contribution in [3.8, 4) is 16.9 Å². The first-order chi connectivity index (χ1) is 12.7. The first-order valence-electron chi connectivity index (χ1n) is 8.87. The van der Waals surface area contributed by atoms with Crippen LogP contribution in [0.2, 0.25) is 0 Å². The number of unbranched alkanes of at least 4 members (excludes halogenated alkanes) is 3. The largest absolute Gasteiger partial charge is 0.493 e. The fourth-order valence-electron chi connectivity index (χ4n) is 2.61. The number of nitro benzene ring substituents is 1. The van der Waals surface area contributed by atoms with E-state index in [2.05, 4.69) is 6.58 Å². The van der Waals surface area contributed by atoms with Crippen LogP contribution in [0.4, 0.5) is 5.69 Å². The number of nitro groups is 1. The van der Waals surface area contributed by atoms with E-state index >= 15 is 0 Å². The van der Waals surface area contributed by atoms with Crippen molar-refractivity contribution in [3.63, 3.8) is 0 Å². The van der Waals surface area contributed by atoms with E-state index in [1.165, 1.54) is 12.1 Å². The fraction of sp³-hybridized carbons (Fsp3) is 0.333. The van der Waals surface area contributed by atoms with Gasteiger partial charge >= 0.3 is 0 Å². The molecule has 0 heterocycles. The van der Waals surface area contributed by atoms with Crippen LogP contribution in [0.3, 0.4) is 0 Å². The van der Waals surface area contributed by atoms with Crippen LogP contribution in [0.25, 0.3) is 11.1 Å². The number of ether oxygens (including phenoxy) is 2. The molecule has 0 aliphatic rings. The predicted octanol–water partition coefficient (Wildman–Crippen LogP) is 5.40. The van der Waals surface area contributed by atoms with Crippen molar-refractivity contribution in [1.29, 1.82) is 0 Å². The van der Waals surface area contributed by atoms with Crippen molar-refractivity contribution in [2.24, 2.45) is 0 Å². The van der Waals surface area contributed by atoms with Crippen LogP contribution in [0.15, 0.2) is 61.2 Å². The van der Waals surface area contributed by atoms with E-state index in [1.54, 1.807) is 12.1 Å². The maximum absolute atomic E-state index is 11.1. The van der Waals surface area contributed by atoms with E-state index in [0.717, 1.165) is 43.4 Å². The van der Waals surface area contributed by atoms with Crippen LogP contribution < -0.4 is 4.74 Å². The number of rotatable bonds is 12. The molecule has 138 valence electrons. The van der Waals surface area contributed by atoms with Crippen LogP contribution in [0.1, 0.15) is 25.7 Å². The minimum Gasteiger partial charge on any atom is -0.493 e. The Morgan fingerprint density at radius 2 is 1.73 bits per heavy atom. The van der Waals surface area contributed by atoms with Crippen molar-refractivity contribution in [2.45, 2.75) is 25.7 Å². The number of hydrogen-bond acceptors (Lipinski definition) is 4. The number of benzene rings is 2. The molecular formula is C21H25NO4.